The molecule has 0 saturated carbocycles. The number of carbonyl (C=O) groups excluding carboxylic acids is 2. The van der Waals surface area contributed by atoms with E-state index in [1.807, 2.05) is 6.08 Å². The summed E-state index contributed by atoms with van der Waals surface area (Å²) in [5.41, 5.74) is 0. The van der Waals surface area contributed by atoms with Crippen LogP contribution in [-0.4, -0.2) is 47.4 Å². The number of nitrogens with one attached hydrogen (secondary N) is 1. The largest absolute Gasteiger partial charge is 0.466 e. The van der Waals surface area contributed by atoms with Crippen molar-refractivity contribution < 1.29 is 24.5 Å². The Morgan fingerprint density at radius 1 is 0.482 bits per heavy atom. The average molecular weight is 792 g/mol. The summed E-state index contributed by atoms with van der Waals surface area (Å²) in [4.78, 5) is 24.4. The zero-order valence-electron chi connectivity index (χ0n) is 37.6. The number of esters is 1. The molecule has 0 aromatic carbocycles. The highest BCUT2D eigenvalue weighted by atomic mass is 16.5. The molecule has 0 aliphatic rings. The van der Waals surface area contributed by atoms with Crippen LogP contribution in [0, 0.1) is 0 Å². The van der Waals surface area contributed by atoms with Gasteiger partial charge in [-0.15, -0.1) is 0 Å². The molecule has 2 atom stereocenters. The summed E-state index contributed by atoms with van der Waals surface area (Å²) in [6, 6.07) is -0.634. The Morgan fingerprint density at radius 2 is 0.821 bits per heavy atom. The molecule has 6 heteroatoms. The van der Waals surface area contributed by atoms with Gasteiger partial charge < -0.3 is 20.3 Å². The van der Waals surface area contributed by atoms with Gasteiger partial charge in [-0.25, -0.2) is 0 Å². The molecule has 332 valence electrons. The predicted molar refractivity (Wildman–Crippen MR) is 241 cm³/mol. The van der Waals surface area contributed by atoms with Gasteiger partial charge in [0.25, 0.3) is 0 Å². The van der Waals surface area contributed by atoms with Gasteiger partial charge in [-0.3, -0.25) is 9.59 Å². The Kier molecular flexibility index (Phi) is 45.1. The van der Waals surface area contributed by atoms with E-state index in [-0.39, 0.29) is 18.5 Å². The molecule has 0 bridgehead atoms. The van der Waals surface area contributed by atoms with Gasteiger partial charge in [-0.1, -0.05) is 238 Å². The monoisotopic (exact) mass is 792 g/mol. The van der Waals surface area contributed by atoms with Gasteiger partial charge in [0.1, 0.15) is 0 Å². The van der Waals surface area contributed by atoms with E-state index >= 15 is 0 Å². The number of carbonyl (C=O) groups is 2. The summed E-state index contributed by atoms with van der Waals surface area (Å²) in [6.45, 7) is 4.87. The Hall–Kier alpha value is -1.40. The molecule has 56 heavy (non-hydrogen) atoms. The standard InChI is InChI=1S/C50H97NO5/c1-3-5-7-9-11-13-15-16-17-20-24-28-32-36-40-44-50(55)56-45-41-37-33-29-25-21-18-19-23-27-31-35-39-43-49(54)51-47(46-52)48(53)42-38-34-30-26-22-14-12-10-8-6-4-2/h38,42,47-48,52-53H,3-37,39-41,43-46H2,1-2H3,(H,51,54)/b42-38+. The molecule has 0 aliphatic heterocycles. The number of hydrogen-bond acceptors (Lipinski definition) is 5. The van der Waals surface area contributed by atoms with Crippen LogP contribution >= 0.6 is 0 Å². The van der Waals surface area contributed by atoms with Crippen molar-refractivity contribution in [1.29, 1.82) is 0 Å². The number of hydrogen-bond donors (Lipinski definition) is 3. The quantitative estimate of drug-likeness (QED) is 0.0324. The van der Waals surface area contributed by atoms with Crippen molar-refractivity contribution in [3.63, 3.8) is 0 Å². The average Bonchev–Trinajstić information content (AvgIpc) is 3.20. The second kappa shape index (κ2) is 46.3. The van der Waals surface area contributed by atoms with Crippen molar-refractivity contribution in [2.75, 3.05) is 13.2 Å². The van der Waals surface area contributed by atoms with Crippen LogP contribution in [0.25, 0.3) is 0 Å². The van der Waals surface area contributed by atoms with Crippen molar-refractivity contribution in [2.24, 2.45) is 0 Å². The number of allylic oxidation sites excluding steroid dienone is 1. The molecule has 2 unspecified atom stereocenters. The first-order valence-corrected chi connectivity index (χ1v) is 25.0. The molecule has 6 nitrogen and oxygen atoms in total. The lowest BCUT2D eigenvalue weighted by Crippen LogP contribution is -2.45. The van der Waals surface area contributed by atoms with Crippen molar-refractivity contribution in [3.8, 4) is 0 Å². The van der Waals surface area contributed by atoms with Crippen LogP contribution in [0.5, 0.6) is 0 Å². The van der Waals surface area contributed by atoms with Crippen LogP contribution in [0.15, 0.2) is 12.2 Å². The van der Waals surface area contributed by atoms with Gasteiger partial charge >= 0.3 is 5.97 Å². The lowest BCUT2D eigenvalue weighted by atomic mass is 10.0. The lowest BCUT2D eigenvalue weighted by Gasteiger charge is -2.20. The van der Waals surface area contributed by atoms with Gasteiger partial charge in [0.05, 0.1) is 25.4 Å². The molecule has 0 aliphatic carbocycles. The van der Waals surface area contributed by atoms with E-state index in [0.29, 0.717) is 19.4 Å². The highest BCUT2D eigenvalue weighted by Crippen LogP contribution is 2.16. The minimum absolute atomic E-state index is 0.00427. The molecule has 0 rings (SSSR count). The zero-order valence-corrected chi connectivity index (χ0v) is 37.6. The number of amides is 1. The predicted octanol–water partition coefficient (Wildman–Crippen LogP) is 14.6. The molecule has 1 amide bonds. The Labute approximate surface area is 349 Å². The number of unbranched alkanes of at least 4 members (excludes halogenated alkanes) is 35. The molecule has 0 heterocycles. The first-order chi connectivity index (χ1) is 27.5. The van der Waals surface area contributed by atoms with E-state index in [2.05, 4.69) is 19.2 Å². The van der Waals surface area contributed by atoms with E-state index in [9.17, 15) is 19.8 Å². The molecule has 0 spiro atoms. The maximum atomic E-state index is 12.4. The van der Waals surface area contributed by atoms with Gasteiger partial charge in [0.15, 0.2) is 0 Å². The molecule has 0 saturated heterocycles. The van der Waals surface area contributed by atoms with Crippen molar-refractivity contribution in [3.05, 3.63) is 12.2 Å². The molecule has 0 fully saturated rings. The number of rotatable bonds is 46. The number of aliphatic hydroxyl groups is 2. The van der Waals surface area contributed by atoms with Crippen molar-refractivity contribution >= 4 is 11.9 Å². The highest BCUT2D eigenvalue weighted by Gasteiger charge is 2.18. The maximum Gasteiger partial charge on any atom is 0.305 e. The smallest absolute Gasteiger partial charge is 0.305 e. The zero-order chi connectivity index (χ0) is 40.8. The van der Waals surface area contributed by atoms with E-state index in [1.54, 1.807) is 6.08 Å². The van der Waals surface area contributed by atoms with Crippen LogP contribution in [0.3, 0.4) is 0 Å². The van der Waals surface area contributed by atoms with E-state index < -0.39 is 12.1 Å². The third-order valence-electron chi connectivity index (χ3n) is 11.6. The molecule has 3 N–H and O–H groups in total. The summed E-state index contributed by atoms with van der Waals surface area (Å²) >= 11 is 0. The van der Waals surface area contributed by atoms with Crippen LogP contribution in [0.2, 0.25) is 0 Å². The fourth-order valence-electron chi connectivity index (χ4n) is 7.69. The van der Waals surface area contributed by atoms with Gasteiger partial charge in [-0.05, 0) is 32.1 Å². The van der Waals surface area contributed by atoms with Gasteiger partial charge in [0, 0.05) is 12.8 Å². The fourth-order valence-corrected chi connectivity index (χ4v) is 7.69. The van der Waals surface area contributed by atoms with E-state index in [4.69, 9.17) is 4.74 Å². The number of ether oxygens (including phenoxy) is 1. The van der Waals surface area contributed by atoms with Crippen LogP contribution in [-0.2, 0) is 14.3 Å². The first-order valence-electron chi connectivity index (χ1n) is 25.0. The maximum absolute atomic E-state index is 12.4. The third kappa shape index (κ3) is 42.2. The normalized spacial score (nSPS) is 12.7. The molecule has 0 radical (unpaired) electrons. The van der Waals surface area contributed by atoms with Crippen molar-refractivity contribution in [1.82, 2.24) is 5.32 Å². The lowest BCUT2D eigenvalue weighted by molar-refractivity contribution is -0.143. The van der Waals surface area contributed by atoms with Crippen molar-refractivity contribution in [2.45, 2.75) is 283 Å². The van der Waals surface area contributed by atoms with Gasteiger partial charge in [-0.2, -0.15) is 0 Å². The Bertz CT molecular complexity index is 832. The first kappa shape index (κ1) is 54.6. The third-order valence-corrected chi connectivity index (χ3v) is 11.6. The topological polar surface area (TPSA) is 95.9 Å². The van der Waals surface area contributed by atoms with Crippen LogP contribution in [0.1, 0.15) is 271 Å². The SMILES string of the molecule is CCCCCCCCCCC/C=C/C(O)C(CO)NC(=O)CCCCCCCCCCCCCCCOC(=O)CCCCCCCCCCCCCCCCC. The Balaban J connectivity index is 3.45. The minimum atomic E-state index is -0.850. The number of aliphatic hydroxyl groups excluding tert-OH is 2. The van der Waals surface area contributed by atoms with E-state index in [1.165, 1.54) is 186 Å². The molecular weight excluding hydrogens is 695 g/mol. The summed E-state index contributed by atoms with van der Waals surface area (Å²) in [6.07, 6.45) is 52.0. The fraction of sp³-hybridized carbons (Fsp3) is 0.920. The molecular formula is C50H97NO5. The molecule has 0 aromatic heterocycles. The summed E-state index contributed by atoms with van der Waals surface area (Å²) in [7, 11) is 0. The van der Waals surface area contributed by atoms with Crippen LogP contribution < -0.4 is 5.32 Å². The summed E-state index contributed by atoms with van der Waals surface area (Å²) < 4.78 is 5.46. The second-order valence-electron chi connectivity index (χ2n) is 17.2. The van der Waals surface area contributed by atoms with Gasteiger partial charge in [0.2, 0.25) is 5.91 Å². The molecule has 0 aromatic rings. The Morgan fingerprint density at radius 3 is 1.21 bits per heavy atom. The summed E-state index contributed by atoms with van der Waals surface area (Å²) in [5.74, 6) is -0.0857. The highest BCUT2D eigenvalue weighted by molar-refractivity contribution is 5.76. The van der Waals surface area contributed by atoms with E-state index in [0.717, 1.165) is 57.8 Å². The van der Waals surface area contributed by atoms with Crippen LogP contribution in [0.4, 0.5) is 0 Å². The second-order valence-corrected chi connectivity index (χ2v) is 17.2. The minimum Gasteiger partial charge on any atom is -0.466 e. The summed E-state index contributed by atoms with van der Waals surface area (Å²) in [5, 5.41) is 22.9.